The van der Waals surface area contributed by atoms with Crippen LogP contribution in [0, 0.1) is 11.3 Å². The van der Waals surface area contributed by atoms with E-state index in [1.807, 2.05) is 18.2 Å². The van der Waals surface area contributed by atoms with Crippen molar-refractivity contribution in [1.82, 2.24) is 0 Å². The SMILES string of the molecule is N#CCc1ccc(NC(=O)c2ccc(NC(=O)Nc3ccccc3)cc2)cc1. The molecular formula is C22H18N4O2. The first-order chi connectivity index (χ1) is 13.6. The van der Waals surface area contributed by atoms with Gasteiger partial charge < -0.3 is 16.0 Å². The molecule has 0 aliphatic carbocycles. The van der Waals surface area contributed by atoms with Crippen molar-refractivity contribution in [3.8, 4) is 6.07 Å². The Kier molecular flexibility index (Phi) is 6.01. The van der Waals surface area contributed by atoms with Crippen LogP contribution in [0.25, 0.3) is 0 Å². The Balaban J connectivity index is 1.56. The smallest absolute Gasteiger partial charge is 0.322 e. The van der Waals surface area contributed by atoms with Gasteiger partial charge in [-0.3, -0.25) is 4.79 Å². The van der Waals surface area contributed by atoms with Crippen molar-refractivity contribution in [2.45, 2.75) is 6.42 Å². The second kappa shape index (κ2) is 9.01. The predicted octanol–water partition coefficient (Wildman–Crippen LogP) is 4.65. The van der Waals surface area contributed by atoms with Crippen LogP contribution >= 0.6 is 0 Å². The first kappa shape index (κ1) is 18.7. The molecule has 0 aliphatic rings. The second-order valence-corrected chi connectivity index (χ2v) is 6.01. The Hall–Kier alpha value is -4.11. The van der Waals surface area contributed by atoms with Crippen LogP contribution < -0.4 is 16.0 Å². The Morgan fingerprint density at radius 2 is 1.25 bits per heavy atom. The summed E-state index contributed by atoms with van der Waals surface area (Å²) >= 11 is 0. The van der Waals surface area contributed by atoms with Crippen LogP contribution in [0.4, 0.5) is 21.9 Å². The van der Waals surface area contributed by atoms with Crippen molar-refractivity contribution in [3.63, 3.8) is 0 Å². The molecule has 0 aliphatic heterocycles. The quantitative estimate of drug-likeness (QED) is 0.610. The van der Waals surface area contributed by atoms with E-state index < -0.39 is 0 Å². The van der Waals surface area contributed by atoms with Gasteiger partial charge in [0.25, 0.3) is 5.91 Å². The third-order valence-electron chi connectivity index (χ3n) is 3.93. The number of amides is 3. The van der Waals surface area contributed by atoms with Gasteiger partial charge in [-0.15, -0.1) is 0 Å². The summed E-state index contributed by atoms with van der Waals surface area (Å²) in [4.78, 5) is 24.3. The molecular weight excluding hydrogens is 352 g/mol. The third kappa shape index (κ3) is 5.19. The lowest BCUT2D eigenvalue weighted by molar-refractivity contribution is 0.102. The molecule has 0 spiro atoms. The normalized spacial score (nSPS) is 9.82. The van der Waals surface area contributed by atoms with E-state index >= 15 is 0 Å². The number of rotatable bonds is 5. The molecule has 0 heterocycles. The van der Waals surface area contributed by atoms with Crippen LogP contribution in [-0.4, -0.2) is 11.9 Å². The highest BCUT2D eigenvalue weighted by molar-refractivity contribution is 6.05. The molecule has 3 rings (SSSR count). The number of carbonyl (C=O) groups is 2. The van der Waals surface area contributed by atoms with Gasteiger partial charge in [-0.1, -0.05) is 30.3 Å². The molecule has 0 aromatic heterocycles. The van der Waals surface area contributed by atoms with Gasteiger partial charge in [0.1, 0.15) is 0 Å². The second-order valence-electron chi connectivity index (χ2n) is 6.01. The number of benzene rings is 3. The predicted molar refractivity (Wildman–Crippen MR) is 109 cm³/mol. The van der Waals surface area contributed by atoms with Gasteiger partial charge in [0, 0.05) is 22.6 Å². The van der Waals surface area contributed by atoms with Gasteiger partial charge in [0.05, 0.1) is 12.5 Å². The average molecular weight is 370 g/mol. The monoisotopic (exact) mass is 370 g/mol. The van der Waals surface area contributed by atoms with E-state index in [0.717, 1.165) is 5.56 Å². The summed E-state index contributed by atoms with van der Waals surface area (Å²) in [6.07, 6.45) is 0.334. The average Bonchev–Trinajstić information content (AvgIpc) is 2.71. The highest BCUT2D eigenvalue weighted by Crippen LogP contribution is 2.14. The molecule has 0 saturated carbocycles. The zero-order chi connectivity index (χ0) is 19.8. The van der Waals surface area contributed by atoms with Crippen LogP contribution in [0.5, 0.6) is 0 Å². The van der Waals surface area contributed by atoms with E-state index in [1.165, 1.54) is 0 Å². The number of nitrogens with zero attached hydrogens (tertiary/aromatic N) is 1. The van der Waals surface area contributed by atoms with E-state index in [0.29, 0.717) is 29.0 Å². The van der Waals surface area contributed by atoms with Gasteiger partial charge in [0.15, 0.2) is 0 Å². The van der Waals surface area contributed by atoms with Crippen LogP contribution in [0.2, 0.25) is 0 Å². The minimum absolute atomic E-state index is 0.256. The fraction of sp³-hybridized carbons (Fsp3) is 0.0455. The fourth-order valence-corrected chi connectivity index (χ4v) is 2.52. The lowest BCUT2D eigenvalue weighted by Gasteiger charge is -2.09. The topological polar surface area (TPSA) is 94.0 Å². The zero-order valence-electron chi connectivity index (χ0n) is 15.0. The summed E-state index contributed by atoms with van der Waals surface area (Å²) in [6, 6.07) is 24.6. The Morgan fingerprint density at radius 1 is 0.714 bits per heavy atom. The van der Waals surface area contributed by atoms with E-state index in [4.69, 9.17) is 5.26 Å². The molecule has 3 aromatic carbocycles. The van der Waals surface area contributed by atoms with Crippen LogP contribution in [0.1, 0.15) is 15.9 Å². The molecule has 0 radical (unpaired) electrons. The van der Waals surface area contributed by atoms with Crippen molar-refractivity contribution in [2.75, 3.05) is 16.0 Å². The Bertz CT molecular complexity index is 991. The number of hydrogen-bond acceptors (Lipinski definition) is 3. The number of nitriles is 1. The van der Waals surface area contributed by atoms with Crippen LogP contribution in [0.15, 0.2) is 78.9 Å². The summed E-state index contributed by atoms with van der Waals surface area (Å²) in [5, 5.41) is 16.9. The molecule has 138 valence electrons. The molecule has 0 atom stereocenters. The maximum absolute atomic E-state index is 12.3. The summed E-state index contributed by atoms with van der Waals surface area (Å²) < 4.78 is 0. The van der Waals surface area contributed by atoms with Gasteiger partial charge in [-0.2, -0.15) is 5.26 Å². The standard InChI is InChI=1S/C22H18N4O2/c23-15-14-16-6-10-19(11-7-16)24-21(27)17-8-12-20(13-9-17)26-22(28)25-18-4-2-1-3-5-18/h1-13H,14H2,(H,24,27)(H2,25,26,28). The fourth-order valence-electron chi connectivity index (χ4n) is 2.52. The van der Waals surface area contributed by atoms with Crippen LogP contribution in [0.3, 0.4) is 0 Å². The van der Waals surface area contributed by atoms with Gasteiger partial charge in [0.2, 0.25) is 0 Å². The first-order valence-electron chi connectivity index (χ1n) is 8.64. The largest absolute Gasteiger partial charge is 0.323 e. The summed E-state index contributed by atoms with van der Waals surface area (Å²) in [5.74, 6) is -0.256. The minimum Gasteiger partial charge on any atom is -0.322 e. The molecule has 0 bridgehead atoms. The van der Waals surface area contributed by atoms with E-state index in [2.05, 4.69) is 22.0 Å². The number of para-hydroxylation sites is 1. The highest BCUT2D eigenvalue weighted by atomic mass is 16.2. The molecule has 3 N–H and O–H groups in total. The number of hydrogen-bond donors (Lipinski definition) is 3. The minimum atomic E-state index is -0.360. The maximum atomic E-state index is 12.3. The van der Waals surface area contributed by atoms with Crippen molar-refractivity contribution in [1.29, 1.82) is 5.26 Å². The Morgan fingerprint density at radius 3 is 1.86 bits per heavy atom. The molecule has 6 heteroatoms. The van der Waals surface area contributed by atoms with E-state index in [-0.39, 0.29) is 11.9 Å². The first-order valence-corrected chi connectivity index (χ1v) is 8.64. The number of anilines is 3. The molecule has 3 amide bonds. The third-order valence-corrected chi connectivity index (χ3v) is 3.93. The zero-order valence-corrected chi connectivity index (χ0v) is 15.0. The Labute approximate surface area is 162 Å². The lowest BCUT2D eigenvalue weighted by atomic mass is 10.1. The van der Waals surface area contributed by atoms with E-state index in [9.17, 15) is 9.59 Å². The number of nitrogens with one attached hydrogen (secondary N) is 3. The molecule has 0 fully saturated rings. The summed E-state index contributed by atoms with van der Waals surface area (Å²) in [6.45, 7) is 0. The maximum Gasteiger partial charge on any atom is 0.323 e. The molecule has 28 heavy (non-hydrogen) atoms. The number of urea groups is 1. The highest BCUT2D eigenvalue weighted by Gasteiger charge is 2.07. The molecule has 6 nitrogen and oxygen atoms in total. The molecule has 3 aromatic rings. The van der Waals surface area contributed by atoms with Crippen molar-refractivity contribution < 1.29 is 9.59 Å². The molecule has 0 unspecified atom stereocenters. The van der Waals surface area contributed by atoms with Gasteiger partial charge >= 0.3 is 6.03 Å². The van der Waals surface area contributed by atoms with Crippen molar-refractivity contribution >= 4 is 29.0 Å². The number of carbonyl (C=O) groups excluding carboxylic acids is 2. The van der Waals surface area contributed by atoms with Gasteiger partial charge in [-0.05, 0) is 54.1 Å². The molecule has 0 saturated heterocycles. The van der Waals surface area contributed by atoms with Crippen molar-refractivity contribution in [2.24, 2.45) is 0 Å². The van der Waals surface area contributed by atoms with Crippen molar-refractivity contribution in [3.05, 3.63) is 90.0 Å². The van der Waals surface area contributed by atoms with E-state index in [1.54, 1.807) is 60.7 Å². The van der Waals surface area contributed by atoms with Crippen LogP contribution in [-0.2, 0) is 6.42 Å². The van der Waals surface area contributed by atoms with Gasteiger partial charge in [-0.25, -0.2) is 4.79 Å². The summed E-state index contributed by atoms with van der Waals surface area (Å²) in [5.41, 5.74) is 3.28. The lowest BCUT2D eigenvalue weighted by Crippen LogP contribution is -2.19. The summed E-state index contributed by atoms with van der Waals surface area (Å²) in [7, 11) is 0.